The van der Waals surface area contributed by atoms with E-state index >= 15 is 0 Å². The number of nitrogens with zero attached hydrogens (tertiary/aromatic N) is 2. The van der Waals surface area contributed by atoms with Crippen molar-refractivity contribution in [3.05, 3.63) is 170 Å². The molecule has 12 rings (SSSR count). The zero-order chi connectivity index (χ0) is 33.9. The minimum absolute atomic E-state index is 1.19. The average molecular weight is 697 g/mol. The standard InChI is InChI=1S/C48H28N2S2/c1-6-20-37-29(13-1)32-27-28-41-46(35-16-3-8-22-39(35)49(41)40-23-12-26-44-45(40)36-17-5-10-25-43(36)51-44)47(32)50(37)38-21-7-2-14-30(38)33-18-11-19-34-31-15-4-9-24-42(31)52-48(33)34/h1-28H. The Bertz CT molecular complexity index is 3420. The predicted octanol–water partition coefficient (Wildman–Crippen LogP) is 14.3. The van der Waals surface area contributed by atoms with E-state index in [4.69, 9.17) is 0 Å². The third-order valence-electron chi connectivity index (χ3n) is 10.9. The van der Waals surface area contributed by atoms with E-state index in [0.29, 0.717) is 0 Å². The Morgan fingerprint density at radius 2 is 0.904 bits per heavy atom. The number of rotatable bonds is 3. The van der Waals surface area contributed by atoms with E-state index in [-0.39, 0.29) is 0 Å². The molecule has 0 aliphatic carbocycles. The molecule has 0 saturated carbocycles. The van der Waals surface area contributed by atoms with Crippen LogP contribution in [-0.4, -0.2) is 9.13 Å². The van der Waals surface area contributed by atoms with Gasteiger partial charge in [-0.25, -0.2) is 0 Å². The fourth-order valence-corrected chi connectivity index (χ4v) is 11.2. The summed E-state index contributed by atoms with van der Waals surface area (Å²) in [6.07, 6.45) is 0. The van der Waals surface area contributed by atoms with Crippen molar-refractivity contribution in [2.24, 2.45) is 0 Å². The van der Waals surface area contributed by atoms with Crippen molar-refractivity contribution in [2.45, 2.75) is 0 Å². The molecular weight excluding hydrogens is 669 g/mol. The molecule has 242 valence electrons. The van der Waals surface area contributed by atoms with E-state index in [0.717, 1.165) is 0 Å². The van der Waals surface area contributed by atoms with Crippen molar-refractivity contribution >= 4 is 107 Å². The number of hydrogen-bond donors (Lipinski definition) is 0. The number of fused-ring (bicyclic) bond motifs is 13. The van der Waals surface area contributed by atoms with Crippen molar-refractivity contribution in [1.29, 1.82) is 0 Å². The smallest absolute Gasteiger partial charge is 0.0641 e. The van der Waals surface area contributed by atoms with Crippen molar-refractivity contribution in [2.75, 3.05) is 0 Å². The summed E-state index contributed by atoms with van der Waals surface area (Å²) in [5, 5.41) is 10.3. The molecule has 52 heavy (non-hydrogen) atoms. The van der Waals surface area contributed by atoms with Crippen LogP contribution in [0.3, 0.4) is 0 Å². The van der Waals surface area contributed by atoms with Gasteiger partial charge in [-0.1, -0.05) is 121 Å². The van der Waals surface area contributed by atoms with Gasteiger partial charge in [0.25, 0.3) is 0 Å². The molecule has 0 bridgehead atoms. The maximum Gasteiger partial charge on any atom is 0.0641 e. The molecule has 12 aromatic rings. The van der Waals surface area contributed by atoms with Crippen molar-refractivity contribution in [1.82, 2.24) is 9.13 Å². The van der Waals surface area contributed by atoms with E-state index in [1.807, 2.05) is 22.7 Å². The predicted molar refractivity (Wildman–Crippen MR) is 226 cm³/mol. The van der Waals surface area contributed by atoms with Crippen LogP contribution in [0, 0.1) is 0 Å². The Kier molecular flexibility index (Phi) is 5.84. The molecule has 0 radical (unpaired) electrons. The summed E-state index contributed by atoms with van der Waals surface area (Å²) in [4.78, 5) is 0. The lowest BCUT2D eigenvalue weighted by atomic mass is 10.0. The van der Waals surface area contributed by atoms with Crippen LogP contribution in [0.25, 0.3) is 106 Å². The molecule has 2 nitrogen and oxygen atoms in total. The van der Waals surface area contributed by atoms with Gasteiger partial charge in [0.05, 0.1) is 33.4 Å². The zero-order valence-electron chi connectivity index (χ0n) is 27.9. The Morgan fingerprint density at radius 1 is 0.308 bits per heavy atom. The Labute approximate surface area is 306 Å². The molecular formula is C48H28N2S2. The van der Waals surface area contributed by atoms with Crippen LogP contribution in [0.4, 0.5) is 0 Å². The van der Waals surface area contributed by atoms with Gasteiger partial charge in [0.15, 0.2) is 0 Å². The van der Waals surface area contributed by atoms with Crippen LogP contribution < -0.4 is 0 Å². The summed E-state index contributed by atoms with van der Waals surface area (Å²) in [7, 11) is 0. The summed E-state index contributed by atoms with van der Waals surface area (Å²) >= 11 is 3.77. The quantitative estimate of drug-likeness (QED) is 0.174. The fraction of sp³-hybridized carbons (Fsp3) is 0. The first kappa shape index (κ1) is 28.5. The SMILES string of the molecule is c1ccc(-n2c3ccccc3c3ccc4c(c5ccccc5n4-c4cccc5sc6ccccc6c45)c32)c(-c2cccc3c2sc2ccccc23)c1. The summed E-state index contributed by atoms with van der Waals surface area (Å²) in [5.74, 6) is 0. The van der Waals surface area contributed by atoms with Crippen LogP contribution in [0.2, 0.25) is 0 Å². The van der Waals surface area contributed by atoms with Gasteiger partial charge in [-0.05, 0) is 48.5 Å². The lowest BCUT2D eigenvalue weighted by Gasteiger charge is -2.15. The highest BCUT2D eigenvalue weighted by Gasteiger charge is 2.24. The summed E-state index contributed by atoms with van der Waals surface area (Å²) < 4.78 is 10.3. The molecule has 0 aliphatic heterocycles. The minimum atomic E-state index is 1.19. The molecule has 0 aliphatic rings. The van der Waals surface area contributed by atoms with E-state index < -0.39 is 0 Å². The van der Waals surface area contributed by atoms with Crippen molar-refractivity contribution in [3.63, 3.8) is 0 Å². The summed E-state index contributed by atoms with van der Waals surface area (Å²) in [6.45, 7) is 0. The molecule has 0 N–H and O–H groups in total. The Morgan fingerprint density at radius 3 is 1.77 bits per heavy atom. The fourth-order valence-electron chi connectivity index (χ4n) is 8.82. The minimum Gasteiger partial charge on any atom is -0.308 e. The van der Waals surface area contributed by atoms with Crippen LogP contribution in [0.1, 0.15) is 0 Å². The van der Waals surface area contributed by atoms with Crippen LogP contribution in [-0.2, 0) is 0 Å². The number of aromatic nitrogens is 2. The van der Waals surface area contributed by atoms with Gasteiger partial charge in [0.1, 0.15) is 0 Å². The number of benzene rings is 8. The van der Waals surface area contributed by atoms with Crippen LogP contribution in [0.15, 0.2) is 170 Å². The monoisotopic (exact) mass is 696 g/mol. The molecule has 0 fully saturated rings. The highest BCUT2D eigenvalue weighted by Crippen LogP contribution is 2.47. The third-order valence-corrected chi connectivity index (χ3v) is 13.3. The second kappa shape index (κ2) is 10.7. The van der Waals surface area contributed by atoms with Gasteiger partial charge in [0.2, 0.25) is 0 Å². The van der Waals surface area contributed by atoms with Gasteiger partial charge >= 0.3 is 0 Å². The number of para-hydroxylation sites is 3. The summed E-state index contributed by atoms with van der Waals surface area (Å²) in [5.41, 5.74) is 9.80. The van der Waals surface area contributed by atoms with Crippen molar-refractivity contribution in [3.8, 4) is 22.5 Å². The van der Waals surface area contributed by atoms with E-state index in [9.17, 15) is 0 Å². The normalized spacial score (nSPS) is 12.2. The van der Waals surface area contributed by atoms with Gasteiger partial charge in [-0.2, -0.15) is 0 Å². The first-order valence-corrected chi connectivity index (χ1v) is 19.3. The molecule has 4 heterocycles. The van der Waals surface area contributed by atoms with E-state index in [1.165, 1.54) is 106 Å². The Balaban J connectivity index is 1.24. The molecule has 0 atom stereocenters. The van der Waals surface area contributed by atoms with Gasteiger partial charge in [-0.3, -0.25) is 0 Å². The lowest BCUT2D eigenvalue weighted by molar-refractivity contribution is 1.18. The van der Waals surface area contributed by atoms with Crippen molar-refractivity contribution < 1.29 is 0 Å². The molecule has 4 heteroatoms. The molecule has 0 unspecified atom stereocenters. The first-order valence-electron chi connectivity index (χ1n) is 17.7. The molecule has 4 aromatic heterocycles. The Hall–Kier alpha value is -6.20. The van der Waals surface area contributed by atoms with Gasteiger partial charge < -0.3 is 9.13 Å². The average Bonchev–Trinajstić information content (AvgIpc) is 3.95. The second-order valence-electron chi connectivity index (χ2n) is 13.6. The summed E-state index contributed by atoms with van der Waals surface area (Å²) in [6, 6.07) is 62.8. The third kappa shape index (κ3) is 3.77. The van der Waals surface area contributed by atoms with Crippen LogP contribution >= 0.6 is 22.7 Å². The zero-order valence-corrected chi connectivity index (χ0v) is 29.5. The van der Waals surface area contributed by atoms with Crippen LogP contribution in [0.5, 0.6) is 0 Å². The number of hydrogen-bond acceptors (Lipinski definition) is 2. The van der Waals surface area contributed by atoms with E-state index in [2.05, 4.69) is 179 Å². The highest BCUT2D eigenvalue weighted by molar-refractivity contribution is 7.26. The molecule has 8 aromatic carbocycles. The maximum absolute atomic E-state index is 2.55. The topological polar surface area (TPSA) is 9.86 Å². The van der Waals surface area contributed by atoms with Gasteiger partial charge in [-0.15, -0.1) is 22.7 Å². The first-order chi connectivity index (χ1) is 25.8. The molecule has 0 amide bonds. The molecule has 0 spiro atoms. The highest BCUT2D eigenvalue weighted by atomic mass is 32.1. The largest absolute Gasteiger partial charge is 0.308 e. The van der Waals surface area contributed by atoms with Gasteiger partial charge in [0, 0.05) is 73.0 Å². The lowest BCUT2D eigenvalue weighted by Crippen LogP contribution is -1.98. The van der Waals surface area contributed by atoms with E-state index in [1.54, 1.807) is 0 Å². The number of thiophene rings is 2. The second-order valence-corrected chi connectivity index (χ2v) is 15.7. The molecule has 0 saturated heterocycles. The maximum atomic E-state index is 2.55.